The Bertz CT molecular complexity index is 632. The number of carbonyl (C=O) groups is 1. The quantitative estimate of drug-likeness (QED) is 0.856. The van der Waals surface area contributed by atoms with Gasteiger partial charge in [-0.1, -0.05) is 36.4 Å². The predicted molar refractivity (Wildman–Crippen MR) is 90.8 cm³/mol. The van der Waals surface area contributed by atoms with Crippen molar-refractivity contribution in [2.45, 2.75) is 12.5 Å². The van der Waals surface area contributed by atoms with Crippen molar-refractivity contribution in [1.29, 1.82) is 0 Å². The minimum Gasteiger partial charge on any atom is -0.370 e. The number of anilines is 1. The van der Waals surface area contributed by atoms with E-state index in [-0.39, 0.29) is 11.9 Å². The first kappa shape index (κ1) is 15.5. The summed E-state index contributed by atoms with van der Waals surface area (Å²) in [4.78, 5) is 18.4. The van der Waals surface area contributed by atoms with Crippen LogP contribution in [0.3, 0.4) is 0 Å². The van der Waals surface area contributed by atoms with Crippen LogP contribution in [0.5, 0.6) is 0 Å². The van der Waals surface area contributed by atoms with Crippen molar-refractivity contribution in [3.8, 4) is 0 Å². The van der Waals surface area contributed by atoms with Crippen LogP contribution in [-0.2, 0) is 4.79 Å². The van der Waals surface area contributed by atoms with Gasteiger partial charge in [-0.3, -0.25) is 9.69 Å². The van der Waals surface area contributed by atoms with Gasteiger partial charge in [-0.05, 0) is 36.6 Å². The van der Waals surface area contributed by atoms with Crippen LogP contribution in [0.2, 0.25) is 0 Å². The summed E-state index contributed by atoms with van der Waals surface area (Å²) in [5.41, 5.74) is 6.62. The molecule has 1 amide bonds. The van der Waals surface area contributed by atoms with Gasteiger partial charge in [0.25, 0.3) is 0 Å². The zero-order chi connectivity index (χ0) is 16.1. The lowest BCUT2D eigenvalue weighted by atomic mass is 10.0. The molecule has 1 aliphatic heterocycles. The van der Waals surface area contributed by atoms with Crippen LogP contribution in [0.1, 0.15) is 18.0 Å². The third-order valence-corrected chi connectivity index (χ3v) is 4.30. The fourth-order valence-electron chi connectivity index (χ4n) is 3.17. The van der Waals surface area contributed by atoms with Gasteiger partial charge < -0.3 is 11.1 Å². The SMILES string of the molecule is NC(=O)[C@H](c1ccccc1)N1CC[C@H](CNc2ccccn2)C1. The minimum atomic E-state index is -0.337. The summed E-state index contributed by atoms with van der Waals surface area (Å²) in [6.07, 6.45) is 2.83. The highest BCUT2D eigenvalue weighted by atomic mass is 16.1. The molecule has 5 heteroatoms. The van der Waals surface area contributed by atoms with Crippen LogP contribution in [0.25, 0.3) is 0 Å². The fraction of sp³-hybridized carbons (Fsp3) is 0.333. The number of hydrogen-bond donors (Lipinski definition) is 2. The van der Waals surface area contributed by atoms with Gasteiger partial charge in [0.05, 0.1) is 0 Å². The number of primary amides is 1. The molecule has 0 aliphatic carbocycles. The van der Waals surface area contributed by atoms with Crippen LogP contribution in [-0.4, -0.2) is 35.4 Å². The number of nitrogens with zero attached hydrogens (tertiary/aromatic N) is 2. The van der Waals surface area contributed by atoms with E-state index in [4.69, 9.17) is 5.73 Å². The number of aromatic nitrogens is 1. The number of hydrogen-bond acceptors (Lipinski definition) is 4. The van der Waals surface area contributed by atoms with E-state index in [1.165, 1.54) is 0 Å². The summed E-state index contributed by atoms with van der Waals surface area (Å²) < 4.78 is 0. The molecule has 1 fully saturated rings. The number of amides is 1. The van der Waals surface area contributed by atoms with Gasteiger partial charge in [-0.25, -0.2) is 4.98 Å². The first-order chi connectivity index (χ1) is 11.2. The summed E-state index contributed by atoms with van der Waals surface area (Å²) in [5.74, 6) is 1.09. The second-order valence-corrected chi connectivity index (χ2v) is 5.96. The van der Waals surface area contributed by atoms with Crippen LogP contribution >= 0.6 is 0 Å². The van der Waals surface area contributed by atoms with Crippen molar-refractivity contribution in [2.24, 2.45) is 11.7 Å². The van der Waals surface area contributed by atoms with Crippen LogP contribution in [0.15, 0.2) is 54.7 Å². The van der Waals surface area contributed by atoms with Crippen LogP contribution < -0.4 is 11.1 Å². The molecule has 1 saturated heterocycles. The summed E-state index contributed by atoms with van der Waals surface area (Å²) >= 11 is 0. The standard InChI is InChI=1S/C18H22N4O/c19-18(23)17(15-6-2-1-3-7-15)22-11-9-14(13-22)12-21-16-8-4-5-10-20-16/h1-8,10,14,17H,9,11-13H2,(H2,19,23)(H,20,21)/t14-,17+/m1/s1. The molecular formula is C18H22N4O. The summed E-state index contributed by atoms with van der Waals surface area (Å²) in [5, 5.41) is 3.36. The third-order valence-electron chi connectivity index (χ3n) is 4.30. The topological polar surface area (TPSA) is 71.2 Å². The molecule has 1 aromatic carbocycles. The van der Waals surface area contributed by atoms with E-state index in [0.717, 1.165) is 37.4 Å². The lowest BCUT2D eigenvalue weighted by Crippen LogP contribution is -2.36. The molecular weight excluding hydrogens is 288 g/mol. The average Bonchev–Trinajstić information content (AvgIpc) is 3.03. The van der Waals surface area contributed by atoms with E-state index in [2.05, 4.69) is 15.2 Å². The molecule has 0 saturated carbocycles. The minimum absolute atomic E-state index is 0.283. The molecule has 2 aromatic rings. The predicted octanol–water partition coefficient (Wildman–Crippen LogP) is 2.04. The molecule has 0 bridgehead atoms. The third kappa shape index (κ3) is 3.87. The maximum absolute atomic E-state index is 11.9. The van der Waals surface area contributed by atoms with Crippen molar-refractivity contribution in [3.63, 3.8) is 0 Å². The molecule has 120 valence electrons. The number of nitrogens with two attached hydrogens (primary N) is 1. The second-order valence-electron chi connectivity index (χ2n) is 5.96. The Morgan fingerprint density at radius 1 is 1.26 bits per heavy atom. The zero-order valence-corrected chi connectivity index (χ0v) is 13.1. The van der Waals surface area contributed by atoms with Gasteiger partial charge in [0.2, 0.25) is 5.91 Å². The molecule has 2 atom stereocenters. The first-order valence-electron chi connectivity index (χ1n) is 7.97. The number of nitrogens with one attached hydrogen (secondary N) is 1. The monoisotopic (exact) mass is 310 g/mol. The normalized spacial score (nSPS) is 19.4. The average molecular weight is 310 g/mol. The largest absolute Gasteiger partial charge is 0.370 e. The molecule has 1 aliphatic rings. The zero-order valence-electron chi connectivity index (χ0n) is 13.1. The molecule has 23 heavy (non-hydrogen) atoms. The Kier molecular flexibility index (Phi) is 4.88. The van der Waals surface area contributed by atoms with Crippen LogP contribution in [0.4, 0.5) is 5.82 Å². The van der Waals surface area contributed by atoms with Gasteiger partial charge >= 0.3 is 0 Å². The Morgan fingerprint density at radius 2 is 2.04 bits per heavy atom. The number of carbonyl (C=O) groups excluding carboxylic acids is 1. The van der Waals surface area contributed by atoms with Crippen molar-refractivity contribution in [1.82, 2.24) is 9.88 Å². The van der Waals surface area contributed by atoms with Gasteiger partial charge in [0.1, 0.15) is 11.9 Å². The second kappa shape index (κ2) is 7.24. The maximum atomic E-state index is 11.9. The van der Waals surface area contributed by atoms with Gasteiger partial charge in [0, 0.05) is 19.3 Å². The van der Waals surface area contributed by atoms with E-state index in [1.807, 2.05) is 48.5 Å². The molecule has 0 spiro atoms. The summed E-state index contributed by atoms with van der Waals surface area (Å²) in [6.45, 7) is 2.60. The molecule has 0 unspecified atom stereocenters. The Balaban J connectivity index is 1.60. The smallest absolute Gasteiger partial charge is 0.239 e. The molecule has 5 nitrogen and oxygen atoms in total. The van der Waals surface area contributed by atoms with Gasteiger partial charge in [-0.2, -0.15) is 0 Å². The van der Waals surface area contributed by atoms with E-state index in [0.29, 0.717) is 5.92 Å². The van der Waals surface area contributed by atoms with Gasteiger partial charge in [-0.15, -0.1) is 0 Å². The first-order valence-corrected chi connectivity index (χ1v) is 7.97. The number of benzene rings is 1. The fourth-order valence-corrected chi connectivity index (χ4v) is 3.17. The highest BCUT2D eigenvalue weighted by Gasteiger charge is 2.32. The van der Waals surface area contributed by atoms with E-state index >= 15 is 0 Å². The van der Waals surface area contributed by atoms with Gasteiger partial charge in [0.15, 0.2) is 0 Å². The van der Waals surface area contributed by atoms with Crippen molar-refractivity contribution >= 4 is 11.7 Å². The van der Waals surface area contributed by atoms with Crippen molar-refractivity contribution in [3.05, 3.63) is 60.3 Å². The summed E-state index contributed by atoms with van der Waals surface area (Å²) in [7, 11) is 0. The molecule has 1 aromatic heterocycles. The Morgan fingerprint density at radius 3 is 2.74 bits per heavy atom. The lowest BCUT2D eigenvalue weighted by Gasteiger charge is -2.25. The highest BCUT2D eigenvalue weighted by Crippen LogP contribution is 2.27. The molecule has 3 N–H and O–H groups in total. The summed E-state index contributed by atoms with van der Waals surface area (Å²) in [6, 6.07) is 15.3. The lowest BCUT2D eigenvalue weighted by molar-refractivity contribution is -0.123. The molecule has 2 heterocycles. The van der Waals surface area contributed by atoms with E-state index in [9.17, 15) is 4.79 Å². The number of rotatable bonds is 6. The van der Waals surface area contributed by atoms with Crippen molar-refractivity contribution < 1.29 is 4.79 Å². The number of likely N-dealkylation sites (tertiary alicyclic amines) is 1. The van der Waals surface area contributed by atoms with Crippen molar-refractivity contribution in [2.75, 3.05) is 25.0 Å². The maximum Gasteiger partial charge on any atom is 0.239 e. The molecule has 3 rings (SSSR count). The number of pyridine rings is 1. The van der Waals surface area contributed by atoms with E-state index in [1.54, 1.807) is 6.20 Å². The Labute approximate surface area is 136 Å². The highest BCUT2D eigenvalue weighted by molar-refractivity contribution is 5.81. The van der Waals surface area contributed by atoms with E-state index < -0.39 is 0 Å². The Hall–Kier alpha value is -2.40. The molecule has 0 radical (unpaired) electrons. The van der Waals surface area contributed by atoms with Crippen LogP contribution in [0, 0.1) is 5.92 Å².